The standard InChI is InChI=1S/C10H16N2O2/c1-10(2,13)9-12-11-8(14-9)7-5-3-4-6-7/h7,13H,3-6H2,1-2H3. The van der Waals surface area contributed by atoms with Crippen molar-refractivity contribution in [1.29, 1.82) is 0 Å². The first-order valence-corrected chi connectivity index (χ1v) is 5.13. The third-order valence-corrected chi connectivity index (χ3v) is 2.67. The summed E-state index contributed by atoms with van der Waals surface area (Å²) in [6, 6.07) is 0. The summed E-state index contributed by atoms with van der Waals surface area (Å²) in [5.41, 5.74) is -1.02. The Morgan fingerprint density at radius 1 is 1.29 bits per heavy atom. The average Bonchev–Trinajstić information content (AvgIpc) is 2.73. The Hall–Kier alpha value is -0.900. The second kappa shape index (κ2) is 3.35. The second-order valence-electron chi connectivity index (χ2n) is 4.49. The van der Waals surface area contributed by atoms with Gasteiger partial charge >= 0.3 is 0 Å². The number of hydrogen-bond donors (Lipinski definition) is 1. The molecule has 1 aliphatic carbocycles. The van der Waals surface area contributed by atoms with Crippen LogP contribution in [0.25, 0.3) is 0 Å². The highest BCUT2D eigenvalue weighted by molar-refractivity contribution is 4.97. The largest absolute Gasteiger partial charge is 0.422 e. The Morgan fingerprint density at radius 3 is 2.43 bits per heavy atom. The minimum absolute atomic E-state index is 0.319. The molecule has 2 rings (SSSR count). The predicted molar refractivity (Wildman–Crippen MR) is 50.8 cm³/mol. The minimum atomic E-state index is -1.02. The normalized spacial score (nSPS) is 19.1. The smallest absolute Gasteiger partial charge is 0.247 e. The maximum absolute atomic E-state index is 9.65. The lowest BCUT2D eigenvalue weighted by atomic mass is 10.1. The molecule has 0 spiro atoms. The van der Waals surface area contributed by atoms with E-state index in [0.717, 1.165) is 12.8 Å². The Bertz CT molecular complexity index is 308. The first kappa shape index (κ1) is 9.65. The van der Waals surface area contributed by atoms with Crippen LogP contribution in [0.4, 0.5) is 0 Å². The van der Waals surface area contributed by atoms with Crippen LogP contribution in [0.2, 0.25) is 0 Å². The highest BCUT2D eigenvalue weighted by Gasteiger charge is 2.27. The SMILES string of the molecule is CC(C)(O)c1nnc(C2CCCC2)o1. The summed E-state index contributed by atoms with van der Waals surface area (Å²) < 4.78 is 5.46. The lowest BCUT2D eigenvalue weighted by Crippen LogP contribution is -2.15. The van der Waals surface area contributed by atoms with Crippen LogP contribution in [0.1, 0.15) is 57.2 Å². The molecule has 4 heteroatoms. The molecule has 4 nitrogen and oxygen atoms in total. The third kappa shape index (κ3) is 1.80. The molecule has 78 valence electrons. The van der Waals surface area contributed by atoms with E-state index in [0.29, 0.717) is 17.7 Å². The van der Waals surface area contributed by atoms with Crippen LogP contribution in [-0.2, 0) is 5.60 Å². The van der Waals surface area contributed by atoms with Crippen LogP contribution >= 0.6 is 0 Å². The molecule has 1 heterocycles. The Labute approximate surface area is 83.3 Å². The Morgan fingerprint density at radius 2 is 1.93 bits per heavy atom. The maximum atomic E-state index is 9.65. The van der Waals surface area contributed by atoms with Crippen molar-refractivity contribution in [3.63, 3.8) is 0 Å². The van der Waals surface area contributed by atoms with Crippen LogP contribution in [0.3, 0.4) is 0 Å². The van der Waals surface area contributed by atoms with Crippen LogP contribution in [-0.4, -0.2) is 15.3 Å². The molecule has 1 aromatic heterocycles. The number of aliphatic hydroxyl groups is 1. The van der Waals surface area contributed by atoms with Gasteiger partial charge in [-0.3, -0.25) is 0 Å². The molecular weight excluding hydrogens is 180 g/mol. The summed E-state index contributed by atoms with van der Waals surface area (Å²) in [6.07, 6.45) is 4.75. The van der Waals surface area contributed by atoms with E-state index in [2.05, 4.69) is 10.2 Å². The zero-order valence-electron chi connectivity index (χ0n) is 8.66. The average molecular weight is 196 g/mol. The first-order chi connectivity index (χ1) is 6.57. The van der Waals surface area contributed by atoms with E-state index in [-0.39, 0.29) is 0 Å². The molecule has 0 unspecified atom stereocenters. The monoisotopic (exact) mass is 196 g/mol. The van der Waals surface area contributed by atoms with Gasteiger partial charge in [0.15, 0.2) is 0 Å². The fraction of sp³-hybridized carbons (Fsp3) is 0.800. The molecule has 0 radical (unpaired) electrons. The summed E-state index contributed by atoms with van der Waals surface area (Å²) >= 11 is 0. The third-order valence-electron chi connectivity index (χ3n) is 2.67. The van der Waals surface area contributed by atoms with Gasteiger partial charge in [-0.05, 0) is 26.7 Å². The fourth-order valence-electron chi connectivity index (χ4n) is 1.82. The van der Waals surface area contributed by atoms with E-state index in [9.17, 15) is 5.11 Å². The number of rotatable bonds is 2. The topological polar surface area (TPSA) is 59.2 Å². The maximum Gasteiger partial charge on any atom is 0.247 e. The molecule has 0 atom stereocenters. The first-order valence-electron chi connectivity index (χ1n) is 5.13. The van der Waals surface area contributed by atoms with Crippen molar-refractivity contribution >= 4 is 0 Å². The number of aromatic nitrogens is 2. The lowest BCUT2D eigenvalue weighted by Gasteiger charge is -2.10. The van der Waals surface area contributed by atoms with Gasteiger partial charge in [0, 0.05) is 5.92 Å². The quantitative estimate of drug-likeness (QED) is 0.785. The molecule has 1 N–H and O–H groups in total. The van der Waals surface area contributed by atoms with Gasteiger partial charge in [0.05, 0.1) is 0 Å². The van der Waals surface area contributed by atoms with Crippen LogP contribution in [0.5, 0.6) is 0 Å². The van der Waals surface area contributed by atoms with Crippen molar-refractivity contribution in [2.75, 3.05) is 0 Å². The molecule has 14 heavy (non-hydrogen) atoms. The van der Waals surface area contributed by atoms with Crippen LogP contribution in [0, 0.1) is 0 Å². The van der Waals surface area contributed by atoms with Crippen molar-refractivity contribution in [1.82, 2.24) is 10.2 Å². The van der Waals surface area contributed by atoms with Gasteiger partial charge < -0.3 is 9.52 Å². The Kier molecular flexibility index (Phi) is 2.31. The summed E-state index contributed by atoms with van der Waals surface area (Å²) in [5, 5.41) is 17.5. The highest BCUT2D eigenvalue weighted by atomic mass is 16.4. The van der Waals surface area contributed by atoms with E-state index < -0.39 is 5.60 Å². The van der Waals surface area contributed by atoms with Crippen molar-refractivity contribution in [2.45, 2.75) is 51.0 Å². The summed E-state index contributed by atoms with van der Waals surface area (Å²) in [7, 11) is 0. The van der Waals surface area contributed by atoms with Gasteiger partial charge in [0.25, 0.3) is 0 Å². The van der Waals surface area contributed by atoms with Gasteiger partial charge in [-0.2, -0.15) is 0 Å². The fourth-order valence-corrected chi connectivity index (χ4v) is 1.82. The molecule has 1 fully saturated rings. The minimum Gasteiger partial charge on any atom is -0.422 e. The molecular formula is C10H16N2O2. The zero-order valence-corrected chi connectivity index (χ0v) is 8.66. The van der Waals surface area contributed by atoms with Crippen molar-refractivity contribution in [3.8, 4) is 0 Å². The summed E-state index contributed by atoms with van der Waals surface area (Å²) in [4.78, 5) is 0. The summed E-state index contributed by atoms with van der Waals surface area (Å²) in [6.45, 7) is 3.30. The zero-order chi connectivity index (χ0) is 10.2. The van der Waals surface area contributed by atoms with Gasteiger partial charge in [0.1, 0.15) is 5.60 Å². The van der Waals surface area contributed by atoms with Gasteiger partial charge in [0.2, 0.25) is 11.8 Å². The van der Waals surface area contributed by atoms with Crippen molar-refractivity contribution < 1.29 is 9.52 Å². The molecule has 0 bridgehead atoms. The predicted octanol–water partition coefficient (Wildman–Crippen LogP) is 1.95. The van der Waals surface area contributed by atoms with Gasteiger partial charge in [-0.15, -0.1) is 10.2 Å². The number of hydrogen-bond acceptors (Lipinski definition) is 4. The van der Waals surface area contributed by atoms with E-state index in [1.54, 1.807) is 13.8 Å². The molecule has 1 aliphatic rings. The van der Waals surface area contributed by atoms with Gasteiger partial charge in [-0.25, -0.2) is 0 Å². The van der Waals surface area contributed by atoms with E-state index >= 15 is 0 Å². The van der Waals surface area contributed by atoms with Crippen LogP contribution in [0.15, 0.2) is 4.42 Å². The van der Waals surface area contributed by atoms with E-state index in [4.69, 9.17) is 4.42 Å². The molecule has 0 aromatic carbocycles. The van der Waals surface area contributed by atoms with E-state index in [1.165, 1.54) is 12.8 Å². The highest BCUT2D eigenvalue weighted by Crippen LogP contribution is 2.34. The number of nitrogens with zero attached hydrogens (tertiary/aromatic N) is 2. The van der Waals surface area contributed by atoms with Crippen molar-refractivity contribution in [2.24, 2.45) is 0 Å². The summed E-state index contributed by atoms with van der Waals surface area (Å²) in [5.74, 6) is 1.43. The second-order valence-corrected chi connectivity index (χ2v) is 4.49. The molecule has 1 aromatic rings. The van der Waals surface area contributed by atoms with Crippen LogP contribution < -0.4 is 0 Å². The van der Waals surface area contributed by atoms with Crippen molar-refractivity contribution in [3.05, 3.63) is 11.8 Å². The lowest BCUT2D eigenvalue weighted by molar-refractivity contribution is 0.0466. The van der Waals surface area contributed by atoms with E-state index in [1.807, 2.05) is 0 Å². The van der Waals surface area contributed by atoms with Gasteiger partial charge in [-0.1, -0.05) is 12.8 Å². The molecule has 0 aliphatic heterocycles. The molecule has 1 saturated carbocycles. The Balaban J connectivity index is 2.17. The molecule has 0 amide bonds. The molecule has 0 saturated heterocycles.